The van der Waals surface area contributed by atoms with Gasteiger partial charge in [-0.1, -0.05) is 12.1 Å². The molecule has 0 spiro atoms. The van der Waals surface area contributed by atoms with E-state index < -0.39 is 0 Å². The second-order valence-corrected chi connectivity index (χ2v) is 8.95. The number of nitrogens with zero attached hydrogens (tertiary/aromatic N) is 1. The van der Waals surface area contributed by atoms with Crippen molar-refractivity contribution in [3.8, 4) is 5.75 Å². The lowest BCUT2D eigenvalue weighted by atomic mass is 10.0. The Hall–Kier alpha value is -3.36. The molecule has 2 saturated carbocycles. The Morgan fingerprint density at radius 2 is 2.16 bits per heavy atom. The summed E-state index contributed by atoms with van der Waals surface area (Å²) in [5.41, 5.74) is 1.63. The van der Waals surface area contributed by atoms with Crippen LogP contribution < -0.4 is 10.6 Å². The highest BCUT2D eigenvalue weighted by molar-refractivity contribution is 5.90. The van der Waals surface area contributed by atoms with Gasteiger partial charge >= 0.3 is 6.09 Å². The molecule has 0 saturated heterocycles. The number of phenols is 1. The highest BCUT2D eigenvalue weighted by atomic mass is 16.6. The quantitative estimate of drug-likeness (QED) is 0.465. The van der Waals surface area contributed by atoms with E-state index >= 15 is 0 Å². The molecule has 2 aliphatic rings. The molecule has 2 unspecified atom stereocenters. The number of aromatic amines is 1. The number of carbonyl (C=O) groups is 3. The molecule has 4 N–H and O–H groups in total. The number of amides is 2. The zero-order valence-corrected chi connectivity index (χ0v) is 18.0. The van der Waals surface area contributed by atoms with Crippen molar-refractivity contribution < 1.29 is 24.2 Å². The topological polar surface area (TPSA) is 133 Å². The van der Waals surface area contributed by atoms with Gasteiger partial charge in [-0.2, -0.15) is 5.10 Å². The molecule has 1 heterocycles. The highest BCUT2D eigenvalue weighted by Gasteiger charge is 2.40. The van der Waals surface area contributed by atoms with Crippen molar-refractivity contribution in [3.05, 3.63) is 41.1 Å². The number of rotatable bonds is 8. The fraction of sp³-hybridized carbons (Fsp3) is 0.478. The van der Waals surface area contributed by atoms with Crippen LogP contribution in [0.5, 0.6) is 5.75 Å². The van der Waals surface area contributed by atoms with Crippen molar-refractivity contribution in [2.24, 2.45) is 0 Å². The molecule has 2 amide bonds. The van der Waals surface area contributed by atoms with E-state index in [4.69, 9.17) is 4.74 Å². The first-order chi connectivity index (χ1) is 15.3. The lowest BCUT2D eigenvalue weighted by Crippen LogP contribution is -2.36. The average Bonchev–Trinajstić information content (AvgIpc) is 3.13. The average molecular weight is 441 g/mol. The Morgan fingerprint density at radius 1 is 1.34 bits per heavy atom. The standard InChI is InChI=1S/C23H28N4O5/c1-23(9-10-23)25-22(31)32-16-7-5-15(11-16)18-12-20(27-26-18)24-21(30)8-6-14-3-2-4-19(29)17(14)13-28/h2-4,12-13,15-16,29H,5-11H2,1H3,(H,25,31)(H2,24,26,27,30). The Morgan fingerprint density at radius 3 is 2.91 bits per heavy atom. The van der Waals surface area contributed by atoms with Crippen molar-refractivity contribution in [2.75, 3.05) is 5.32 Å². The van der Waals surface area contributed by atoms with Crippen LogP contribution in [0.1, 0.15) is 73.0 Å². The third-order valence-corrected chi connectivity index (χ3v) is 6.28. The van der Waals surface area contributed by atoms with E-state index in [2.05, 4.69) is 20.8 Å². The fourth-order valence-electron chi connectivity index (χ4n) is 4.09. The van der Waals surface area contributed by atoms with Crippen molar-refractivity contribution in [3.63, 3.8) is 0 Å². The zero-order chi connectivity index (χ0) is 22.7. The number of anilines is 1. The molecule has 9 nitrogen and oxygen atoms in total. The van der Waals surface area contributed by atoms with E-state index in [-0.39, 0.29) is 47.3 Å². The van der Waals surface area contributed by atoms with Crippen LogP contribution in [-0.2, 0) is 16.0 Å². The van der Waals surface area contributed by atoms with E-state index in [1.54, 1.807) is 18.2 Å². The number of hydrogen-bond donors (Lipinski definition) is 4. The van der Waals surface area contributed by atoms with Gasteiger partial charge in [-0.05, 0) is 57.1 Å². The second kappa shape index (κ2) is 9.02. The molecule has 1 aromatic heterocycles. The predicted molar refractivity (Wildman–Crippen MR) is 117 cm³/mol. The van der Waals surface area contributed by atoms with Crippen molar-refractivity contribution in [1.29, 1.82) is 0 Å². The summed E-state index contributed by atoms with van der Waals surface area (Å²) in [6.07, 6.45) is 4.95. The van der Waals surface area contributed by atoms with Gasteiger partial charge in [0.25, 0.3) is 0 Å². The summed E-state index contributed by atoms with van der Waals surface area (Å²) in [6.45, 7) is 2.01. The van der Waals surface area contributed by atoms with Crippen LogP contribution in [-0.4, -0.2) is 45.2 Å². The SMILES string of the molecule is CC1(NC(=O)OC2CCC(c3cc(NC(=O)CCc4cccc(O)c4C=O)n[nH]3)C2)CC1. The Bertz CT molecular complexity index is 1010. The number of alkyl carbamates (subject to hydrolysis) is 1. The van der Waals surface area contributed by atoms with Crippen LogP contribution in [0.25, 0.3) is 0 Å². The number of aldehydes is 1. The van der Waals surface area contributed by atoms with Gasteiger partial charge in [0.1, 0.15) is 11.9 Å². The van der Waals surface area contributed by atoms with E-state index in [9.17, 15) is 19.5 Å². The third kappa shape index (κ3) is 5.27. The molecule has 0 bridgehead atoms. The number of aryl methyl sites for hydroxylation is 1. The summed E-state index contributed by atoms with van der Waals surface area (Å²) in [5.74, 6) is 0.291. The number of hydrogen-bond acceptors (Lipinski definition) is 6. The summed E-state index contributed by atoms with van der Waals surface area (Å²) in [7, 11) is 0. The van der Waals surface area contributed by atoms with E-state index in [0.717, 1.165) is 31.4 Å². The minimum atomic E-state index is -0.349. The lowest BCUT2D eigenvalue weighted by Gasteiger charge is -2.16. The van der Waals surface area contributed by atoms with Crippen LogP contribution in [0, 0.1) is 0 Å². The normalized spacial score (nSPS) is 21.0. The number of ether oxygens (including phenoxy) is 1. The van der Waals surface area contributed by atoms with Crippen LogP contribution in [0.3, 0.4) is 0 Å². The summed E-state index contributed by atoms with van der Waals surface area (Å²) in [4.78, 5) is 35.5. The van der Waals surface area contributed by atoms with Gasteiger partial charge in [0, 0.05) is 29.6 Å². The molecule has 1 aromatic carbocycles. The number of aromatic hydroxyl groups is 1. The molecule has 2 atom stereocenters. The van der Waals surface area contributed by atoms with Gasteiger partial charge in [0.2, 0.25) is 5.91 Å². The van der Waals surface area contributed by atoms with Crippen molar-refractivity contribution in [2.45, 2.75) is 69.4 Å². The molecule has 2 aliphatic carbocycles. The molecule has 9 heteroatoms. The van der Waals surface area contributed by atoms with Crippen LogP contribution in [0.2, 0.25) is 0 Å². The summed E-state index contributed by atoms with van der Waals surface area (Å²) < 4.78 is 5.56. The van der Waals surface area contributed by atoms with Crippen LogP contribution in [0.15, 0.2) is 24.3 Å². The molecule has 32 heavy (non-hydrogen) atoms. The number of H-pyrrole nitrogens is 1. The Balaban J connectivity index is 1.25. The Kier molecular flexibility index (Phi) is 6.16. The minimum absolute atomic E-state index is 0.0899. The molecular formula is C23H28N4O5. The highest BCUT2D eigenvalue weighted by Crippen LogP contribution is 2.37. The maximum absolute atomic E-state index is 12.3. The maximum Gasteiger partial charge on any atom is 0.407 e. The second-order valence-electron chi connectivity index (χ2n) is 8.95. The monoisotopic (exact) mass is 440 g/mol. The molecule has 170 valence electrons. The molecule has 0 aliphatic heterocycles. The van der Waals surface area contributed by atoms with E-state index in [1.165, 1.54) is 6.07 Å². The molecule has 2 fully saturated rings. The zero-order valence-electron chi connectivity index (χ0n) is 18.0. The smallest absolute Gasteiger partial charge is 0.407 e. The molecule has 4 rings (SSSR count). The van der Waals surface area contributed by atoms with Crippen LogP contribution in [0.4, 0.5) is 10.6 Å². The third-order valence-electron chi connectivity index (χ3n) is 6.28. The van der Waals surface area contributed by atoms with Gasteiger partial charge in [0.05, 0.1) is 5.56 Å². The molecule has 0 radical (unpaired) electrons. The van der Waals surface area contributed by atoms with Gasteiger partial charge in [-0.3, -0.25) is 14.7 Å². The van der Waals surface area contributed by atoms with Crippen molar-refractivity contribution in [1.82, 2.24) is 15.5 Å². The van der Waals surface area contributed by atoms with Gasteiger partial charge in [-0.25, -0.2) is 4.79 Å². The first-order valence-electron chi connectivity index (χ1n) is 11.0. The summed E-state index contributed by atoms with van der Waals surface area (Å²) in [5, 5.41) is 22.6. The lowest BCUT2D eigenvalue weighted by molar-refractivity contribution is -0.116. The summed E-state index contributed by atoms with van der Waals surface area (Å²) in [6, 6.07) is 6.61. The largest absolute Gasteiger partial charge is 0.507 e. The first kappa shape index (κ1) is 21.9. The van der Waals surface area contributed by atoms with Gasteiger partial charge in [-0.15, -0.1) is 0 Å². The number of benzene rings is 1. The molecule has 2 aromatic rings. The number of nitrogens with one attached hydrogen (secondary N) is 3. The van der Waals surface area contributed by atoms with Crippen LogP contribution >= 0.6 is 0 Å². The van der Waals surface area contributed by atoms with Crippen molar-refractivity contribution >= 4 is 24.1 Å². The minimum Gasteiger partial charge on any atom is -0.507 e. The van der Waals surface area contributed by atoms with Gasteiger partial charge < -0.3 is 20.5 Å². The first-order valence-corrected chi connectivity index (χ1v) is 11.0. The van der Waals surface area contributed by atoms with E-state index in [0.29, 0.717) is 30.5 Å². The number of carbonyl (C=O) groups excluding carboxylic acids is 3. The number of phenolic OH excluding ortho intramolecular Hbond substituents is 1. The van der Waals surface area contributed by atoms with Gasteiger partial charge in [0.15, 0.2) is 12.1 Å². The fourth-order valence-corrected chi connectivity index (χ4v) is 4.09. The Labute approximate surface area is 185 Å². The maximum atomic E-state index is 12.3. The summed E-state index contributed by atoms with van der Waals surface area (Å²) >= 11 is 0. The number of aromatic nitrogens is 2. The predicted octanol–water partition coefficient (Wildman–Crippen LogP) is 3.41. The van der Waals surface area contributed by atoms with E-state index in [1.807, 2.05) is 6.92 Å². The molecular weight excluding hydrogens is 412 g/mol.